The zero-order valence-electron chi connectivity index (χ0n) is 15.7. The van der Waals surface area contributed by atoms with Crippen LogP contribution in [-0.4, -0.2) is 69.1 Å². The average Bonchev–Trinajstić information content (AvgIpc) is 3.02. The molecule has 1 aromatic rings. The molecule has 0 spiro atoms. The maximum Gasteiger partial charge on any atom is 0.241 e. The van der Waals surface area contributed by atoms with Crippen molar-refractivity contribution in [3.63, 3.8) is 0 Å². The van der Waals surface area contributed by atoms with Gasteiger partial charge in [-0.1, -0.05) is 6.42 Å². The minimum absolute atomic E-state index is 0.166. The van der Waals surface area contributed by atoms with Gasteiger partial charge in [-0.25, -0.2) is 0 Å². The summed E-state index contributed by atoms with van der Waals surface area (Å²) in [7, 11) is 3.85. The van der Waals surface area contributed by atoms with E-state index in [4.69, 9.17) is 4.74 Å². The van der Waals surface area contributed by atoms with Crippen LogP contribution in [0, 0.1) is 0 Å². The zero-order valence-corrected chi connectivity index (χ0v) is 15.7. The van der Waals surface area contributed by atoms with E-state index in [-0.39, 0.29) is 5.91 Å². The first kappa shape index (κ1) is 18.2. The zero-order chi connectivity index (χ0) is 17.6. The first-order chi connectivity index (χ1) is 12.1. The number of amides is 1. The lowest BCUT2D eigenvalue weighted by atomic mass is 10.1. The number of nitrogens with zero attached hydrogens (tertiary/aromatic N) is 3. The predicted octanol–water partition coefficient (Wildman–Crippen LogP) is 2.39. The topological polar surface area (TPSA) is 36.0 Å². The molecule has 2 aliphatic rings. The molecule has 2 aliphatic heterocycles. The molecule has 5 nitrogen and oxygen atoms in total. The van der Waals surface area contributed by atoms with Crippen molar-refractivity contribution in [2.24, 2.45) is 0 Å². The van der Waals surface area contributed by atoms with Crippen molar-refractivity contribution in [3.05, 3.63) is 23.8 Å². The van der Waals surface area contributed by atoms with Crippen LogP contribution in [0.4, 0.5) is 5.69 Å². The van der Waals surface area contributed by atoms with Gasteiger partial charge in [0.2, 0.25) is 5.91 Å². The minimum Gasteiger partial charge on any atom is -0.494 e. The van der Waals surface area contributed by atoms with Gasteiger partial charge in [0.15, 0.2) is 0 Å². The summed E-state index contributed by atoms with van der Waals surface area (Å²) in [4.78, 5) is 18.7. The summed E-state index contributed by atoms with van der Waals surface area (Å²) < 4.78 is 5.94. The third-order valence-corrected chi connectivity index (χ3v) is 5.04. The van der Waals surface area contributed by atoms with Crippen molar-refractivity contribution in [3.8, 4) is 5.75 Å². The maximum atomic E-state index is 12.3. The van der Waals surface area contributed by atoms with Crippen LogP contribution in [-0.2, 0) is 11.2 Å². The standard InChI is InChI=1S/C20H31N3O2/c1-21(2)16-20(24)23-13-9-17-15-18(7-8-19(17)23)25-14-6-12-22-10-4-3-5-11-22/h7-8,15H,3-6,9-14,16H2,1-2H3. The number of likely N-dealkylation sites (N-methyl/N-ethyl adjacent to an activating group) is 1. The SMILES string of the molecule is CN(C)CC(=O)N1CCc2cc(OCCCN3CCCCC3)ccc21. The Kier molecular flexibility index (Phi) is 6.32. The van der Waals surface area contributed by atoms with E-state index in [0.29, 0.717) is 6.54 Å². The molecule has 5 heteroatoms. The first-order valence-corrected chi connectivity index (χ1v) is 9.56. The number of carbonyl (C=O) groups is 1. The fourth-order valence-electron chi connectivity index (χ4n) is 3.74. The van der Waals surface area contributed by atoms with Gasteiger partial charge in [0.05, 0.1) is 13.2 Å². The Morgan fingerprint density at radius 3 is 2.72 bits per heavy atom. The fraction of sp³-hybridized carbons (Fsp3) is 0.650. The molecule has 25 heavy (non-hydrogen) atoms. The summed E-state index contributed by atoms with van der Waals surface area (Å²) in [5, 5.41) is 0. The number of hydrogen-bond acceptors (Lipinski definition) is 4. The molecule has 1 fully saturated rings. The highest BCUT2D eigenvalue weighted by Crippen LogP contribution is 2.31. The van der Waals surface area contributed by atoms with E-state index in [1.807, 2.05) is 36.0 Å². The van der Waals surface area contributed by atoms with Gasteiger partial charge in [0.1, 0.15) is 5.75 Å². The maximum absolute atomic E-state index is 12.3. The lowest BCUT2D eigenvalue weighted by Crippen LogP contribution is -2.36. The average molecular weight is 345 g/mol. The van der Waals surface area contributed by atoms with Gasteiger partial charge in [-0.05, 0) is 76.6 Å². The molecule has 0 aromatic heterocycles. The number of likely N-dealkylation sites (tertiary alicyclic amines) is 1. The summed E-state index contributed by atoms with van der Waals surface area (Å²) in [6.07, 6.45) is 6.06. The third kappa shape index (κ3) is 4.95. The molecule has 0 atom stereocenters. The number of ether oxygens (including phenoxy) is 1. The van der Waals surface area contributed by atoms with Gasteiger partial charge in [-0.15, -0.1) is 0 Å². The first-order valence-electron chi connectivity index (χ1n) is 9.56. The second kappa shape index (κ2) is 8.68. The molecular weight excluding hydrogens is 314 g/mol. The highest BCUT2D eigenvalue weighted by molar-refractivity contribution is 5.96. The monoisotopic (exact) mass is 345 g/mol. The van der Waals surface area contributed by atoms with E-state index >= 15 is 0 Å². The summed E-state index contributed by atoms with van der Waals surface area (Å²) in [5.74, 6) is 1.10. The summed E-state index contributed by atoms with van der Waals surface area (Å²) in [6.45, 7) is 5.62. The van der Waals surface area contributed by atoms with Crippen LogP contribution in [0.3, 0.4) is 0 Å². The number of hydrogen-bond donors (Lipinski definition) is 0. The fourth-order valence-corrected chi connectivity index (χ4v) is 3.74. The van der Waals surface area contributed by atoms with Gasteiger partial charge in [-0.2, -0.15) is 0 Å². The van der Waals surface area contributed by atoms with E-state index in [0.717, 1.165) is 44.0 Å². The van der Waals surface area contributed by atoms with Crippen molar-refractivity contribution >= 4 is 11.6 Å². The molecule has 1 saturated heterocycles. The van der Waals surface area contributed by atoms with Crippen LogP contribution in [0.25, 0.3) is 0 Å². The summed E-state index contributed by atoms with van der Waals surface area (Å²) >= 11 is 0. The van der Waals surface area contributed by atoms with Crippen LogP contribution < -0.4 is 9.64 Å². The Bertz CT molecular complexity index is 582. The third-order valence-electron chi connectivity index (χ3n) is 5.04. The van der Waals surface area contributed by atoms with E-state index in [1.54, 1.807) is 0 Å². The number of fused-ring (bicyclic) bond motifs is 1. The molecule has 0 aliphatic carbocycles. The highest BCUT2D eigenvalue weighted by Gasteiger charge is 2.25. The van der Waals surface area contributed by atoms with Crippen molar-refractivity contribution in [2.45, 2.75) is 32.1 Å². The Balaban J connectivity index is 1.47. The molecule has 1 aromatic carbocycles. The molecule has 0 bridgehead atoms. The van der Waals surface area contributed by atoms with Crippen molar-refractivity contribution in [2.75, 3.05) is 58.3 Å². The van der Waals surface area contributed by atoms with Crippen LogP contribution in [0.1, 0.15) is 31.2 Å². The van der Waals surface area contributed by atoms with Crippen LogP contribution in [0.5, 0.6) is 5.75 Å². The Morgan fingerprint density at radius 1 is 1.16 bits per heavy atom. The van der Waals surface area contributed by atoms with E-state index < -0.39 is 0 Å². The lowest BCUT2D eigenvalue weighted by molar-refractivity contribution is -0.119. The molecule has 3 rings (SSSR count). The van der Waals surface area contributed by atoms with E-state index in [9.17, 15) is 4.79 Å². The molecule has 0 saturated carbocycles. The number of benzene rings is 1. The second-order valence-electron chi connectivity index (χ2n) is 7.43. The number of piperidine rings is 1. The molecule has 2 heterocycles. The van der Waals surface area contributed by atoms with Crippen molar-refractivity contribution in [1.29, 1.82) is 0 Å². The molecule has 138 valence electrons. The molecule has 0 N–H and O–H groups in total. The van der Waals surface area contributed by atoms with Crippen LogP contribution in [0.15, 0.2) is 18.2 Å². The van der Waals surface area contributed by atoms with Gasteiger partial charge >= 0.3 is 0 Å². The summed E-state index contributed by atoms with van der Waals surface area (Å²) in [5.41, 5.74) is 2.27. The predicted molar refractivity (Wildman–Crippen MR) is 101 cm³/mol. The number of anilines is 1. The summed E-state index contributed by atoms with van der Waals surface area (Å²) in [6, 6.07) is 6.15. The van der Waals surface area contributed by atoms with E-state index in [2.05, 4.69) is 11.0 Å². The molecule has 1 amide bonds. The quantitative estimate of drug-likeness (QED) is 0.711. The highest BCUT2D eigenvalue weighted by atomic mass is 16.5. The largest absolute Gasteiger partial charge is 0.494 e. The molecule has 0 radical (unpaired) electrons. The Morgan fingerprint density at radius 2 is 1.96 bits per heavy atom. The normalized spacial score (nSPS) is 17.8. The molecular formula is C20H31N3O2. The number of carbonyl (C=O) groups excluding carboxylic acids is 1. The second-order valence-corrected chi connectivity index (χ2v) is 7.43. The van der Waals surface area contributed by atoms with Gasteiger partial charge < -0.3 is 19.4 Å². The number of rotatable bonds is 7. The Labute approximate surface area is 151 Å². The van der Waals surface area contributed by atoms with Crippen molar-refractivity contribution < 1.29 is 9.53 Å². The van der Waals surface area contributed by atoms with Gasteiger partial charge in [0, 0.05) is 18.8 Å². The lowest BCUT2D eigenvalue weighted by Gasteiger charge is -2.26. The van der Waals surface area contributed by atoms with Crippen LogP contribution >= 0.6 is 0 Å². The van der Waals surface area contributed by atoms with Crippen molar-refractivity contribution in [1.82, 2.24) is 9.80 Å². The minimum atomic E-state index is 0.166. The van der Waals surface area contributed by atoms with Gasteiger partial charge in [0.25, 0.3) is 0 Å². The van der Waals surface area contributed by atoms with Gasteiger partial charge in [-0.3, -0.25) is 4.79 Å². The Hall–Kier alpha value is -1.59. The van der Waals surface area contributed by atoms with E-state index in [1.165, 1.54) is 37.9 Å². The smallest absolute Gasteiger partial charge is 0.241 e. The molecule has 0 unspecified atom stereocenters. The van der Waals surface area contributed by atoms with Crippen LogP contribution in [0.2, 0.25) is 0 Å².